The monoisotopic (exact) mass is 248 g/mol. The van der Waals surface area contributed by atoms with Crippen molar-refractivity contribution in [2.45, 2.75) is 31.8 Å². The smallest absolute Gasteiger partial charge is 0.119 e. The van der Waals surface area contributed by atoms with E-state index in [1.54, 1.807) is 7.11 Å². The molecule has 100 valence electrons. The first kappa shape index (κ1) is 13.4. The molecule has 1 saturated carbocycles. The molecular weight excluding hydrogens is 224 g/mol. The normalized spacial score (nSPS) is 27.1. The molecule has 18 heavy (non-hydrogen) atoms. The second kappa shape index (κ2) is 5.29. The summed E-state index contributed by atoms with van der Waals surface area (Å²) in [6.45, 7) is 3.98. The number of methoxy groups -OCH3 is 1. The zero-order chi connectivity index (χ0) is 13.2. The maximum absolute atomic E-state index is 5.98. The van der Waals surface area contributed by atoms with Gasteiger partial charge in [0.25, 0.3) is 0 Å². The number of rotatable bonds is 5. The second-order valence-electron chi connectivity index (χ2n) is 5.65. The molecule has 2 rings (SSSR count). The molecule has 0 unspecified atom stereocenters. The number of hydrogen-bond donors (Lipinski definition) is 1. The van der Waals surface area contributed by atoms with E-state index in [-0.39, 0.29) is 5.54 Å². The third kappa shape index (κ3) is 2.52. The van der Waals surface area contributed by atoms with Gasteiger partial charge in [-0.1, -0.05) is 19.1 Å². The van der Waals surface area contributed by atoms with E-state index in [1.165, 1.54) is 18.4 Å². The summed E-state index contributed by atoms with van der Waals surface area (Å²) in [6, 6.07) is 8.27. The van der Waals surface area contributed by atoms with Crippen LogP contribution in [0.15, 0.2) is 24.3 Å². The quantitative estimate of drug-likeness (QED) is 0.868. The molecule has 0 heterocycles. The molecule has 0 radical (unpaired) electrons. The van der Waals surface area contributed by atoms with Crippen LogP contribution in [0.25, 0.3) is 0 Å². The highest BCUT2D eigenvalue weighted by molar-refractivity contribution is 5.28. The van der Waals surface area contributed by atoms with Gasteiger partial charge in [0, 0.05) is 18.6 Å². The van der Waals surface area contributed by atoms with Crippen LogP contribution in [0.3, 0.4) is 0 Å². The lowest BCUT2D eigenvalue weighted by molar-refractivity contribution is 0.000252. The van der Waals surface area contributed by atoms with E-state index in [0.717, 1.165) is 24.8 Å². The SMILES string of the molecule is COc1cccc(CN(C)C2(CN)CC(C)C2)c1. The first-order valence-corrected chi connectivity index (χ1v) is 6.64. The van der Waals surface area contributed by atoms with Gasteiger partial charge in [-0.15, -0.1) is 0 Å². The van der Waals surface area contributed by atoms with Gasteiger partial charge in [-0.05, 0) is 43.5 Å². The van der Waals surface area contributed by atoms with Crippen LogP contribution in [0.2, 0.25) is 0 Å². The zero-order valence-corrected chi connectivity index (χ0v) is 11.6. The van der Waals surface area contributed by atoms with Gasteiger partial charge in [0.15, 0.2) is 0 Å². The molecular formula is C15H24N2O. The second-order valence-corrected chi connectivity index (χ2v) is 5.65. The third-order valence-corrected chi connectivity index (χ3v) is 4.20. The van der Waals surface area contributed by atoms with E-state index < -0.39 is 0 Å². The summed E-state index contributed by atoms with van der Waals surface area (Å²) in [4.78, 5) is 2.40. The molecule has 1 aromatic rings. The fourth-order valence-electron chi connectivity index (χ4n) is 3.08. The molecule has 1 aliphatic rings. The number of nitrogens with zero attached hydrogens (tertiary/aromatic N) is 1. The van der Waals surface area contributed by atoms with E-state index in [4.69, 9.17) is 10.5 Å². The van der Waals surface area contributed by atoms with Crippen molar-refractivity contribution in [3.8, 4) is 5.75 Å². The minimum absolute atomic E-state index is 0.211. The Labute approximate surface area is 110 Å². The molecule has 0 bridgehead atoms. The fourth-order valence-corrected chi connectivity index (χ4v) is 3.08. The van der Waals surface area contributed by atoms with Crippen LogP contribution >= 0.6 is 0 Å². The number of nitrogens with two attached hydrogens (primary N) is 1. The summed E-state index contributed by atoms with van der Waals surface area (Å²) < 4.78 is 5.26. The predicted molar refractivity (Wildman–Crippen MR) is 74.6 cm³/mol. The Balaban J connectivity index is 2.04. The Hall–Kier alpha value is -1.06. The van der Waals surface area contributed by atoms with Crippen molar-refractivity contribution < 1.29 is 4.74 Å². The molecule has 1 aromatic carbocycles. The summed E-state index contributed by atoms with van der Waals surface area (Å²) in [5.41, 5.74) is 7.47. The van der Waals surface area contributed by atoms with E-state index in [9.17, 15) is 0 Å². The molecule has 2 N–H and O–H groups in total. The van der Waals surface area contributed by atoms with Gasteiger partial charge in [-0.2, -0.15) is 0 Å². The van der Waals surface area contributed by atoms with Gasteiger partial charge < -0.3 is 10.5 Å². The van der Waals surface area contributed by atoms with E-state index in [0.29, 0.717) is 0 Å². The standard InChI is InChI=1S/C15H24N2O/c1-12-8-15(9-12,11-16)17(2)10-13-5-4-6-14(7-13)18-3/h4-7,12H,8-11,16H2,1-3H3. The van der Waals surface area contributed by atoms with Crippen LogP contribution in [0.1, 0.15) is 25.3 Å². The highest BCUT2D eigenvalue weighted by Crippen LogP contribution is 2.41. The van der Waals surface area contributed by atoms with E-state index in [1.807, 2.05) is 12.1 Å². The molecule has 0 aromatic heterocycles. The topological polar surface area (TPSA) is 38.5 Å². The van der Waals surface area contributed by atoms with Crippen LogP contribution in [-0.4, -0.2) is 31.1 Å². The molecule has 1 fully saturated rings. The Morgan fingerprint density at radius 2 is 2.17 bits per heavy atom. The van der Waals surface area contributed by atoms with Crippen LogP contribution < -0.4 is 10.5 Å². The largest absolute Gasteiger partial charge is 0.497 e. The Bertz CT molecular complexity index is 399. The van der Waals surface area contributed by atoms with Crippen molar-refractivity contribution in [1.82, 2.24) is 4.90 Å². The minimum atomic E-state index is 0.211. The highest BCUT2D eigenvalue weighted by Gasteiger charge is 2.43. The first-order chi connectivity index (χ1) is 8.59. The number of likely N-dealkylation sites (N-methyl/N-ethyl adjacent to an activating group) is 1. The maximum Gasteiger partial charge on any atom is 0.119 e. The number of ether oxygens (including phenoxy) is 1. The van der Waals surface area contributed by atoms with Crippen molar-refractivity contribution in [3.05, 3.63) is 29.8 Å². The Morgan fingerprint density at radius 3 is 2.72 bits per heavy atom. The van der Waals surface area contributed by atoms with Crippen molar-refractivity contribution in [1.29, 1.82) is 0 Å². The molecule has 0 atom stereocenters. The summed E-state index contributed by atoms with van der Waals surface area (Å²) in [5.74, 6) is 1.73. The van der Waals surface area contributed by atoms with Gasteiger partial charge in [0.1, 0.15) is 5.75 Å². The fraction of sp³-hybridized carbons (Fsp3) is 0.600. The molecule has 1 aliphatic carbocycles. The van der Waals surface area contributed by atoms with Crippen molar-refractivity contribution >= 4 is 0 Å². The first-order valence-electron chi connectivity index (χ1n) is 6.64. The van der Waals surface area contributed by atoms with Crippen LogP contribution in [0, 0.1) is 5.92 Å². The average molecular weight is 248 g/mol. The Kier molecular flexibility index (Phi) is 3.93. The lowest BCUT2D eigenvalue weighted by Gasteiger charge is -2.52. The maximum atomic E-state index is 5.98. The molecule has 0 amide bonds. The van der Waals surface area contributed by atoms with Crippen molar-refractivity contribution in [2.24, 2.45) is 11.7 Å². The molecule has 3 heteroatoms. The number of hydrogen-bond acceptors (Lipinski definition) is 3. The van der Waals surface area contributed by atoms with Gasteiger partial charge in [0.2, 0.25) is 0 Å². The van der Waals surface area contributed by atoms with E-state index in [2.05, 4.69) is 31.0 Å². The van der Waals surface area contributed by atoms with Gasteiger partial charge in [-0.3, -0.25) is 4.90 Å². The summed E-state index contributed by atoms with van der Waals surface area (Å²) in [6.07, 6.45) is 2.42. The van der Waals surface area contributed by atoms with Gasteiger partial charge >= 0.3 is 0 Å². The predicted octanol–water partition coefficient (Wildman–Crippen LogP) is 2.25. The summed E-state index contributed by atoms with van der Waals surface area (Å²) in [5, 5.41) is 0. The van der Waals surface area contributed by atoms with E-state index >= 15 is 0 Å². The Morgan fingerprint density at radius 1 is 1.44 bits per heavy atom. The van der Waals surface area contributed by atoms with Gasteiger partial charge in [0.05, 0.1) is 7.11 Å². The zero-order valence-electron chi connectivity index (χ0n) is 11.6. The van der Waals surface area contributed by atoms with Crippen LogP contribution in [-0.2, 0) is 6.54 Å². The lowest BCUT2D eigenvalue weighted by atomic mass is 9.68. The van der Waals surface area contributed by atoms with Crippen molar-refractivity contribution in [2.75, 3.05) is 20.7 Å². The van der Waals surface area contributed by atoms with Crippen LogP contribution in [0.4, 0.5) is 0 Å². The molecule has 3 nitrogen and oxygen atoms in total. The highest BCUT2D eigenvalue weighted by atomic mass is 16.5. The molecule has 0 saturated heterocycles. The number of benzene rings is 1. The van der Waals surface area contributed by atoms with Crippen molar-refractivity contribution in [3.63, 3.8) is 0 Å². The lowest BCUT2D eigenvalue weighted by Crippen LogP contribution is -2.59. The van der Waals surface area contributed by atoms with Crippen LogP contribution in [0.5, 0.6) is 5.75 Å². The minimum Gasteiger partial charge on any atom is -0.497 e. The van der Waals surface area contributed by atoms with Gasteiger partial charge in [-0.25, -0.2) is 0 Å². The molecule has 0 spiro atoms. The summed E-state index contributed by atoms with van der Waals surface area (Å²) >= 11 is 0. The third-order valence-electron chi connectivity index (χ3n) is 4.20. The summed E-state index contributed by atoms with van der Waals surface area (Å²) in [7, 11) is 3.88. The molecule has 0 aliphatic heterocycles. The average Bonchev–Trinajstić information content (AvgIpc) is 2.34.